The van der Waals surface area contributed by atoms with Gasteiger partial charge in [-0.15, -0.1) is 0 Å². The molecule has 2 N–H and O–H groups in total. The van der Waals surface area contributed by atoms with Crippen LogP contribution in [0.1, 0.15) is 169 Å². The number of unbranched alkanes of at least 4 members (excludes halogenated alkanes) is 16. The van der Waals surface area contributed by atoms with E-state index in [1.807, 2.05) is 20.8 Å². The number of rotatable bonds is 24. The molecule has 0 aliphatic carbocycles. The van der Waals surface area contributed by atoms with E-state index in [2.05, 4.69) is 13.8 Å². The maximum atomic E-state index is 13.2. The summed E-state index contributed by atoms with van der Waals surface area (Å²) >= 11 is 6.30. The first-order valence-corrected chi connectivity index (χ1v) is 18.1. The number of hydrogen-bond donors (Lipinski definition) is 2. The van der Waals surface area contributed by atoms with Gasteiger partial charge in [0.05, 0.1) is 16.4 Å². The molecular formula is C33H60ClO4P. The van der Waals surface area contributed by atoms with Crippen molar-refractivity contribution < 1.29 is 19.1 Å². The first kappa shape index (κ1) is 36.5. The van der Waals surface area contributed by atoms with Gasteiger partial charge in [0.2, 0.25) is 0 Å². The van der Waals surface area contributed by atoms with E-state index in [4.69, 9.17) is 16.1 Å². The third-order valence-corrected chi connectivity index (χ3v) is 9.89. The topological polar surface area (TPSA) is 66.8 Å². The summed E-state index contributed by atoms with van der Waals surface area (Å²) in [5.41, 5.74) is 0.243. The Kier molecular flexibility index (Phi) is 19.0. The third-order valence-electron chi connectivity index (χ3n) is 8.05. The summed E-state index contributed by atoms with van der Waals surface area (Å²) in [5, 5.41) is 10.9. The lowest BCUT2D eigenvalue weighted by molar-refractivity contribution is 0.183. The van der Waals surface area contributed by atoms with Crippen LogP contribution in [0, 0.1) is 0 Å². The molecule has 4 nitrogen and oxygen atoms in total. The van der Waals surface area contributed by atoms with E-state index in [1.165, 1.54) is 89.5 Å². The average molecular weight is 587 g/mol. The molecule has 6 heteroatoms. The second-order valence-corrected chi connectivity index (χ2v) is 14.5. The zero-order chi connectivity index (χ0) is 29.2. The zero-order valence-electron chi connectivity index (χ0n) is 25.9. The lowest BCUT2D eigenvalue weighted by Crippen LogP contribution is -2.21. The molecule has 39 heavy (non-hydrogen) atoms. The van der Waals surface area contributed by atoms with Crippen LogP contribution in [0.4, 0.5) is 0 Å². The minimum absolute atomic E-state index is 0.00670. The molecule has 0 saturated heterocycles. The van der Waals surface area contributed by atoms with Gasteiger partial charge in [-0.1, -0.05) is 155 Å². The summed E-state index contributed by atoms with van der Waals surface area (Å²) in [7, 11) is -4.06. The minimum atomic E-state index is -4.06. The van der Waals surface area contributed by atoms with Gasteiger partial charge in [-0.25, -0.2) is 0 Å². The average Bonchev–Trinajstić information content (AvgIpc) is 2.87. The maximum absolute atomic E-state index is 13.2. The molecule has 0 aromatic heterocycles. The van der Waals surface area contributed by atoms with E-state index in [0.29, 0.717) is 5.56 Å². The molecule has 0 bridgehead atoms. The number of hydrogen-bond acceptors (Lipinski definition) is 3. The fourth-order valence-electron chi connectivity index (χ4n) is 5.38. The van der Waals surface area contributed by atoms with Gasteiger partial charge in [-0.3, -0.25) is 4.57 Å². The second-order valence-electron chi connectivity index (χ2n) is 12.3. The Hall–Kier alpha value is -0.540. The van der Waals surface area contributed by atoms with Crippen molar-refractivity contribution in [2.45, 2.75) is 175 Å². The van der Waals surface area contributed by atoms with Crippen LogP contribution in [0.15, 0.2) is 12.1 Å². The predicted molar refractivity (Wildman–Crippen MR) is 170 cm³/mol. The Morgan fingerprint density at radius 2 is 1.23 bits per heavy atom. The molecular weight excluding hydrogens is 527 g/mol. The Morgan fingerprint density at radius 1 is 0.795 bits per heavy atom. The van der Waals surface area contributed by atoms with Crippen LogP contribution in [-0.2, 0) is 14.5 Å². The summed E-state index contributed by atoms with van der Waals surface area (Å²) in [6.45, 7) is 10.4. The molecule has 2 atom stereocenters. The van der Waals surface area contributed by atoms with Gasteiger partial charge in [0, 0.05) is 5.56 Å². The lowest BCUT2D eigenvalue weighted by atomic mass is 9.79. The highest BCUT2D eigenvalue weighted by molar-refractivity contribution is 7.61. The van der Waals surface area contributed by atoms with Crippen LogP contribution in [0.25, 0.3) is 0 Å². The van der Waals surface area contributed by atoms with Crippen molar-refractivity contribution >= 4 is 24.5 Å². The molecule has 1 aromatic carbocycles. The molecule has 0 spiro atoms. The Bertz CT molecular complexity index is 826. The summed E-state index contributed by atoms with van der Waals surface area (Å²) < 4.78 is 18.9. The molecule has 0 aliphatic heterocycles. The van der Waals surface area contributed by atoms with Crippen LogP contribution in [-0.4, -0.2) is 16.1 Å². The molecule has 1 rings (SSSR count). The molecule has 0 fully saturated rings. The van der Waals surface area contributed by atoms with Gasteiger partial charge in [0.1, 0.15) is 5.75 Å². The van der Waals surface area contributed by atoms with Gasteiger partial charge < -0.3 is 14.5 Å². The summed E-state index contributed by atoms with van der Waals surface area (Å²) in [4.78, 5) is 10.8. The van der Waals surface area contributed by atoms with E-state index in [1.54, 1.807) is 6.07 Å². The van der Waals surface area contributed by atoms with Crippen molar-refractivity contribution in [3.8, 4) is 5.75 Å². The first-order chi connectivity index (χ1) is 18.5. The lowest BCUT2D eigenvalue weighted by Gasteiger charge is -2.28. The zero-order valence-corrected chi connectivity index (χ0v) is 27.6. The Balaban J connectivity index is 2.34. The number of benzene rings is 1. The van der Waals surface area contributed by atoms with Crippen LogP contribution in [0.3, 0.4) is 0 Å². The number of halogens is 1. The van der Waals surface area contributed by atoms with Crippen molar-refractivity contribution in [1.82, 2.24) is 0 Å². The van der Waals surface area contributed by atoms with Crippen LogP contribution < -0.4 is 5.30 Å². The van der Waals surface area contributed by atoms with Gasteiger partial charge in [0.15, 0.2) is 0 Å². The Morgan fingerprint density at radius 3 is 1.72 bits per heavy atom. The van der Waals surface area contributed by atoms with Crippen molar-refractivity contribution in [3.05, 3.63) is 22.7 Å². The molecule has 0 amide bonds. The van der Waals surface area contributed by atoms with E-state index in [0.717, 1.165) is 44.9 Å². The molecule has 2 unspecified atom stereocenters. The summed E-state index contributed by atoms with van der Waals surface area (Å²) in [6, 6.07) is 3.00. The Labute approximate surface area is 246 Å². The highest BCUT2D eigenvalue weighted by Crippen LogP contribution is 2.47. The normalized spacial score (nSPS) is 14.4. The molecule has 1 aromatic rings. The number of phenols is 1. The molecule has 0 heterocycles. The van der Waals surface area contributed by atoms with Gasteiger partial charge in [0.25, 0.3) is 0 Å². The fraction of sp³-hybridized carbons (Fsp3) is 0.818. The van der Waals surface area contributed by atoms with Gasteiger partial charge in [-0.2, -0.15) is 0 Å². The van der Waals surface area contributed by atoms with Crippen LogP contribution in [0.2, 0.25) is 5.02 Å². The first-order valence-electron chi connectivity index (χ1n) is 16.1. The summed E-state index contributed by atoms with van der Waals surface area (Å²) in [6.07, 6.45) is 24.3. The number of aromatic hydroxyl groups is 1. The monoisotopic (exact) mass is 586 g/mol. The molecule has 0 aliphatic rings. The van der Waals surface area contributed by atoms with E-state index in [-0.39, 0.29) is 27.6 Å². The van der Waals surface area contributed by atoms with Crippen molar-refractivity contribution in [2.24, 2.45) is 0 Å². The standard InChI is InChI=1S/C33H60ClO4P/c1-6-8-10-11-12-13-14-15-16-17-18-19-20-21-22-24-28(3)38-39(36,37)29-26-30(32(35)31(34)27-29)33(4,5)25-23-9-7-2/h26-28,35H,6-25H2,1-5H3,(H,36,37). The highest BCUT2D eigenvalue weighted by atomic mass is 35.5. The van der Waals surface area contributed by atoms with Crippen LogP contribution in [0.5, 0.6) is 5.75 Å². The van der Waals surface area contributed by atoms with E-state index >= 15 is 0 Å². The molecule has 0 radical (unpaired) electrons. The fourth-order valence-corrected chi connectivity index (χ4v) is 6.97. The number of phenolic OH excluding ortho intramolecular Hbond substituents is 1. The smallest absolute Gasteiger partial charge is 0.359 e. The minimum Gasteiger partial charge on any atom is -0.506 e. The maximum Gasteiger partial charge on any atom is 0.359 e. The van der Waals surface area contributed by atoms with Gasteiger partial charge in [-0.05, 0) is 37.3 Å². The predicted octanol–water partition coefficient (Wildman–Crippen LogP) is 11.4. The van der Waals surface area contributed by atoms with Crippen molar-refractivity contribution in [1.29, 1.82) is 0 Å². The van der Waals surface area contributed by atoms with Crippen molar-refractivity contribution in [2.75, 3.05) is 0 Å². The quantitative estimate of drug-likeness (QED) is 0.0933. The van der Waals surface area contributed by atoms with Crippen molar-refractivity contribution in [3.63, 3.8) is 0 Å². The molecule has 228 valence electrons. The third kappa shape index (κ3) is 15.3. The second kappa shape index (κ2) is 20.4. The van der Waals surface area contributed by atoms with Gasteiger partial charge >= 0.3 is 7.60 Å². The van der Waals surface area contributed by atoms with Crippen LogP contribution >= 0.6 is 19.2 Å². The summed E-state index contributed by atoms with van der Waals surface area (Å²) in [5.74, 6) is -0.00670. The SMILES string of the molecule is CCCCCCCCCCCCCCCCCC(C)OP(=O)(O)c1cc(Cl)c(O)c(C(C)(C)CCCCC)c1. The largest absolute Gasteiger partial charge is 0.506 e. The van der Waals surface area contributed by atoms with E-state index < -0.39 is 7.60 Å². The molecule has 0 saturated carbocycles. The van der Waals surface area contributed by atoms with E-state index in [9.17, 15) is 14.6 Å². The highest BCUT2D eigenvalue weighted by Gasteiger charge is 2.31.